The predicted octanol–water partition coefficient (Wildman–Crippen LogP) is 6.72. The van der Waals surface area contributed by atoms with Crippen molar-refractivity contribution in [1.82, 2.24) is 14.8 Å². The molecular weight excluding hydrogens is 504 g/mol. The minimum atomic E-state index is -0.506. The topological polar surface area (TPSA) is 87.5 Å². The fraction of sp³-hybridized carbons (Fsp3) is 0.469. The Morgan fingerprint density at radius 3 is 2.48 bits per heavy atom. The van der Waals surface area contributed by atoms with Gasteiger partial charge in [0, 0.05) is 5.70 Å². The summed E-state index contributed by atoms with van der Waals surface area (Å²) in [5.74, 6) is 1.52. The molecule has 1 saturated carbocycles. The van der Waals surface area contributed by atoms with Crippen LogP contribution in [0.1, 0.15) is 89.5 Å². The zero-order chi connectivity index (χ0) is 28.3. The molecule has 1 aliphatic heterocycles. The van der Waals surface area contributed by atoms with Crippen molar-refractivity contribution in [1.29, 1.82) is 0 Å². The van der Waals surface area contributed by atoms with Gasteiger partial charge in [0.25, 0.3) is 0 Å². The Hall–Kier alpha value is -3.81. The van der Waals surface area contributed by atoms with E-state index in [1.807, 2.05) is 32.0 Å². The number of anilines is 1. The van der Waals surface area contributed by atoms with Crippen LogP contribution < -0.4 is 14.8 Å². The van der Waals surface area contributed by atoms with E-state index >= 15 is 0 Å². The smallest absolute Gasteiger partial charge is 0.338 e. The summed E-state index contributed by atoms with van der Waals surface area (Å²) in [5, 5.41) is 7.68. The molecule has 2 aliphatic rings. The van der Waals surface area contributed by atoms with E-state index in [2.05, 4.69) is 60.4 Å². The molecule has 0 spiro atoms. The molecule has 0 bridgehead atoms. The van der Waals surface area contributed by atoms with Crippen LogP contribution in [0.15, 0.2) is 60.1 Å². The number of carbonyl (C=O) groups is 1. The lowest BCUT2D eigenvalue weighted by atomic mass is 9.87. The van der Waals surface area contributed by atoms with E-state index < -0.39 is 6.04 Å². The maximum atomic E-state index is 13.6. The number of aromatic nitrogens is 3. The molecule has 1 atom stereocenters. The van der Waals surface area contributed by atoms with Crippen molar-refractivity contribution in [2.45, 2.75) is 90.9 Å². The number of carbonyl (C=O) groups excluding carboxylic acids is 1. The van der Waals surface area contributed by atoms with E-state index in [4.69, 9.17) is 14.2 Å². The molecule has 0 amide bonds. The Labute approximate surface area is 236 Å². The lowest BCUT2D eigenvalue weighted by Gasteiger charge is -2.30. The second-order valence-corrected chi connectivity index (χ2v) is 11.6. The van der Waals surface area contributed by atoms with Gasteiger partial charge in [-0.15, -0.1) is 0 Å². The van der Waals surface area contributed by atoms with Crippen molar-refractivity contribution in [2.24, 2.45) is 0 Å². The Kier molecular flexibility index (Phi) is 8.14. The first-order valence-electron chi connectivity index (χ1n) is 14.3. The molecule has 2 heterocycles. The monoisotopic (exact) mass is 544 g/mol. The third-order valence-electron chi connectivity index (χ3n) is 7.64. The van der Waals surface area contributed by atoms with Crippen LogP contribution in [0.4, 0.5) is 5.95 Å². The highest BCUT2D eigenvalue weighted by molar-refractivity contribution is 5.92. The van der Waals surface area contributed by atoms with Gasteiger partial charge < -0.3 is 19.5 Å². The first-order valence-corrected chi connectivity index (χ1v) is 14.3. The summed E-state index contributed by atoms with van der Waals surface area (Å²) in [5.41, 5.74) is 4.54. The summed E-state index contributed by atoms with van der Waals surface area (Å²) in [6.07, 6.45) is 6.62. The SMILES string of the molecule is CCOc1cc(C2C(C(=O)OC3CCCCC3)=C(C)Nc3ncnn32)ccc1OCc1ccc(C(C)(C)C)cc1. The molecule has 1 N–H and O–H groups in total. The van der Waals surface area contributed by atoms with E-state index in [1.54, 1.807) is 4.68 Å². The maximum absolute atomic E-state index is 13.6. The summed E-state index contributed by atoms with van der Waals surface area (Å²) >= 11 is 0. The first kappa shape index (κ1) is 27.7. The zero-order valence-corrected chi connectivity index (χ0v) is 24.2. The number of esters is 1. The highest BCUT2D eigenvalue weighted by Gasteiger charge is 2.36. The summed E-state index contributed by atoms with van der Waals surface area (Å²) in [7, 11) is 0. The lowest BCUT2D eigenvalue weighted by Crippen LogP contribution is -2.32. The maximum Gasteiger partial charge on any atom is 0.338 e. The van der Waals surface area contributed by atoms with Crippen LogP contribution in [0.25, 0.3) is 0 Å². The molecule has 8 nitrogen and oxygen atoms in total. The number of hydrogen-bond acceptors (Lipinski definition) is 7. The Balaban J connectivity index is 1.41. The van der Waals surface area contributed by atoms with Crippen molar-refractivity contribution < 1.29 is 19.0 Å². The van der Waals surface area contributed by atoms with Crippen LogP contribution in [-0.4, -0.2) is 33.4 Å². The summed E-state index contributed by atoms with van der Waals surface area (Å²) in [4.78, 5) is 17.9. The quantitative estimate of drug-likeness (QED) is 0.315. The number of allylic oxidation sites excluding steroid dienone is 1. The van der Waals surface area contributed by atoms with Gasteiger partial charge in [-0.05, 0) is 73.8 Å². The molecule has 1 unspecified atom stereocenters. The van der Waals surface area contributed by atoms with E-state index in [0.717, 1.165) is 36.8 Å². The van der Waals surface area contributed by atoms with Crippen LogP contribution in [-0.2, 0) is 21.6 Å². The number of rotatable bonds is 8. The largest absolute Gasteiger partial charge is 0.490 e. The number of benzene rings is 2. The lowest BCUT2D eigenvalue weighted by molar-refractivity contribution is -0.146. The minimum absolute atomic E-state index is 0.0495. The fourth-order valence-electron chi connectivity index (χ4n) is 5.41. The van der Waals surface area contributed by atoms with Crippen molar-refractivity contribution in [2.75, 3.05) is 11.9 Å². The molecule has 1 aromatic heterocycles. The Morgan fingerprint density at radius 2 is 1.77 bits per heavy atom. The molecule has 1 aliphatic carbocycles. The second kappa shape index (κ2) is 11.7. The molecule has 8 heteroatoms. The van der Waals surface area contributed by atoms with Crippen LogP contribution >= 0.6 is 0 Å². The Morgan fingerprint density at radius 1 is 1.02 bits per heavy atom. The molecular formula is C32H40N4O4. The number of fused-ring (bicyclic) bond motifs is 1. The van der Waals surface area contributed by atoms with E-state index in [0.29, 0.717) is 41.9 Å². The molecule has 0 saturated heterocycles. The highest BCUT2D eigenvalue weighted by Crippen LogP contribution is 2.39. The molecule has 2 aromatic carbocycles. The summed E-state index contributed by atoms with van der Waals surface area (Å²) in [6.45, 7) is 11.3. The van der Waals surface area contributed by atoms with Crippen molar-refractivity contribution >= 4 is 11.9 Å². The third-order valence-corrected chi connectivity index (χ3v) is 7.64. The summed E-state index contributed by atoms with van der Waals surface area (Å²) in [6, 6.07) is 13.8. The molecule has 1 fully saturated rings. The van der Waals surface area contributed by atoms with Gasteiger partial charge in [0.05, 0.1) is 12.2 Å². The number of hydrogen-bond donors (Lipinski definition) is 1. The molecule has 0 radical (unpaired) electrons. The van der Waals surface area contributed by atoms with E-state index in [1.165, 1.54) is 18.3 Å². The van der Waals surface area contributed by atoms with E-state index in [9.17, 15) is 4.79 Å². The number of nitrogens with one attached hydrogen (secondary N) is 1. The van der Waals surface area contributed by atoms with Crippen LogP contribution in [0.3, 0.4) is 0 Å². The number of ether oxygens (including phenoxy) is 3. The van der Waals surface area contributed by atoms with Gasteiger partial charge in [0.1, 0.15) is 25.1 Å². The first-order chi connectivity index (χ1) is 19.2. The predicted molar refractivity (Wildman–Crippen MR) is 155 cm³/mol. The normalized spacial score (nSPS) is 17.7. The second-order valence-electron chi connectivity index (χ2n) is 11.6. The standard InChI is InChI=1S/C32H40N4O4/c1-6-38-27-18-23(14-17-26(27)39-19-22-12-15-24(16-13-22)32(3,4)5)29-28(21(2)35-31-33-20-34-36(29)31)30(37)40-25-10-8-7-9-11-25/h12-18,20,25,29H,6-11,19H2,1-5H3,(H,33,34,35). The van der Waals surface area contributed by atoms with Crippen molar-refractivity contribution in [3.05, 3.63) is 76.8 Å². The van der Waals surface area contributed by atoms with Crippen molar-refractivity contribution in [3.63, 3.8) is 0 Å². The molecule has 5 rings (SSSR count). The van der Waals surface area contributed by atoms with Gasteiger partial charge in [0.15, 0.2) is 11.5 Å². The van der Waals surface area contributed by atoms with Gasteiger partial charge in [-0.3, -0.25) is 0 Å². The van der Waals surface area contributed by atoms with Crippen LogP contribution in [0.2, 0.25) is 0 Å². The van der Waals surface area contributed by atoms with Gasteiger partial charge in [-0.2, -0.15) is 10.1 Å². The highest BCUT2D eigenvalue weighted by atomic mass is 16.5. The zero-order valence-electron chi connectivity index (χ0n) is 24.2. The Bertz CT molecular complexity index is 1360. The van der Waals surface area contributed by atoms with E-state index in [-0.39, 0.29) is 17.5 Å². The average Bonchev–Trinajstić information content (AvgIpc) is 3.40. The van der Waals surface area contributed by atoms with Gasteiger partial charge in [0.2, 0.25) is 5.95 Å². The van der Waals surface area contributed by atoms with Gasteiger partial charge >= 0.3 is 5.97 Å². The summed E-state index contributed by atoms with van der Waals surface area (Å²) < 4.78 is 20.0. The average molecular weight is 545 g/mol. The van der Waals surface area contributed by atoms with Crippen LogP contribution in [0, 0.1) is 0 Å². The minimum Gasteiger partial charge on any atom is -0.490 e. The third kappa shape index (κ3) is 6.01. The molecule has 40 heavy (non-hydrogen) atoms. The number of nitrogens with zero attached hydrogens (tertiary/aromatic N) is 3. The molecule has 3 aromatic rings. The fourth-order valence-corrected chi connectivity index (χ4v) is 5.41. The van der Waals surface area contributed by atoms with Gasteiger partial charge in [-0.25, -0.2) is 9.48 Å². The molecule has 212 valence electrons. The van der Waals surface area contributed by atoms with Crippen molar-refractivity contribution in [3.8, 4) is 11.5 Å². The van der Waals surface area contributed by atoms with Crippen LogP contribution in [0.5, 0.6) is 11.5 Å². The van der Waals surface area contributed by atoms with Gasteiger partial charge in [-0.1, -0.05) is 57.5 Å².